The standard InChI is InChI=1S/C30H36N4O6/c35-27(31-25(29(37)38)23-15-33-9-5-17(23)6-10-33)21-3-1-19-13-22(4-2-20(19)14-21)28(36)32-26(30(39)40)24-16-34-11-7-18(24)8-12-34/h1-4,13-14,17-18,23-26H,5-12,15-16H2,(H,31,35)(H,32,36)(H,37,38)(H,39,40)/t23-,24-,25?,26?/m0/s1. The van der Waals surface area contributed by atoms with Crippen LogP contribution in [0.3, 0.4) is 0 Å². The fraction of sp³-hybridized carbons (Fsp3) is 0.533. The molecule has 0 aromatic heterocycles. The van der Waals surface area contributed by atoms with Crippen LogP contribution in [-0.4, -0.2) is 95.1 Å². The molecular weight excluding hydrogens is 512 g/mol. The Balaban J connectivity index is 1.15. The lowest BCUT2D eigenvalue weighted by Crippen LogP contribution is -2.57. The second kappa shape index (κ2) is 10.8. The lowest BCUT2D eigenvalue weighted by Gasteiger charge is -2.46. The number of aliphatic carboxylic acids is 2. The van der Waals surface area contributed by atoms with Gasteiger partial charge < -0.3 is 30.6 Å². The van der Waals surface area contributed by atoms with Crippen molar-refractivity contribution < 1.29 is 29.4 Å². The monoisotopic (exact) mass is 548 g/mol. The second-order valence-corrected chi connectivity index (χ2v) is 12.0. The van der Waals surface area contributed by atoms with E-state index in [1.54, 1.807) is 36.4 Å². The zero-order valence-electron chi connectivity index (χ0n) is 22.4. The van der Waals surface area contributed by atoms with Crippen molar-refractivity contribution in [3.05, 3.63) is 47.5 Å². The number of nitrogens with zero attached hydrogens (tertiary/aromatic N) is 2. The summed E-state index contributed by atoms with van der Waals surface area (Å²) in [7, 11) is 0. The van der Waals surface area contributed by atoms with Crippen LogP contribution in [0.15, 0.2) is 36.4 Å². The molecule has 10 nitrogen and oxygen atoms in total. The fourth-order valence-corrected chi connectivity index (χ4v) is 7.46. The van der Waals surface area contributed by atoms with Crippen LogP contribution < -0.4 is 10.6 Å². The topological polar surface area (TPSA) is 139 Å². The van der Waals surface area contributed by atoms with Crippen LogP contribution >= 0.6 is 0 Å². The van der Waals surface area contributed by atoms with Gasteiger partial charge >= 0.3 is 11.9 Å². The molecule has 4 N–H and O–H groups in total. The molecule has 6 heterocycles. The maximum Gasteiger partial charge on any atom is 0.326 e. The van der Waals surface area contributed by atoms with Crippen molar-refractivity contribution in [3.63, 3.8) is 0 Å². The molecular formula is C30H36N4O6. The molecule has 0 aliphatic carbocycles. The highest BCUT2D eigenvalue weighted by molar-refractivity contribution is 6.03. The molecule has 6 aliphatic heterocycles. The van der Waals surface area contributed by atoms with E-state index >= 15 is 0 Å². The average molecular weight is 549 g/mol. The van der Waals surface area contributed by atoms with Gasteiger partial charge in [-0.15, -0.1) is 0 Å². The number of amides is 2. The lowest BCUT2D eigenvalue weighted by atomic mass is 9.75. The SMILES string of the molecule is O=C(NC(C(=O)O)[C@H]1CN2CCC1CC2)c1ccc2cc(C(=O)NC(C(=O)O)[C@H]3CN4CCC3CC4)ccc2c1. The first kappa shape index (κ1) is 26.7. The maximum atomic E-state index is 13.1. The van der Waals surface area contributed by atoms with E-state index in [9.17, 15) is 29.4 Å². The Kier molecular flexibility index (Phi) is 7.22. The van der Waals surface area contributed by atoms with Crippen LogP contribution in [0.25, 0.3) is 10.8 Å². The predicted molar refractivity (Wildman–Crippen MR) is 147 cm³/mol. The largest absolute Gasteiger partial charge is 0.480 e. The summed E-state index contributed by atoms with van der Waals surface area (Å²) in [6.45, 7) is 5.33. The molecule has 2 amide bonds. The second-order valence-electron chi connectivity index (χ2n) is 12.0. The molecule has 40 heavy (non-hydrogen) atoms. The van der Waals surface area contributed by atoms with Crippen molar-refractivity contribution in [3.8, 4) is 0 Å². The highest BCUT2D eigenvalue weighted by atomic mass is 16.4. The van der Waals surface area contributed by atoms with Crippen LogP contribution in [0.1, 0.15) is 46.4 Å². The summed E-state index contributed by atoms with van der Waals surface area (Å²) in [6, 6.07) is 8.20. The van der Waals surface area contributed by atoms with Crippen molar-refractivity contribution >= 4 is 34.5 Å². The van der Waals surface area contributed by atoms with Gasteiger partial charge in [-0.3, -0.25) is 9.59 Å². The smallest absolute Gasteiger partial charge is 0.326 e. The van der Waals surface area contributed by atoms with Crippen LogP contribution in [0.4, 0.5) is 0 Å². The number of piperidine rings is 6. The third-order valence-corrected chi connectivity index (χ3v) is 9.74. The molecule has 4 atom stereocenters. The van der Waals surface area contributed by atoms with Gasteiger partial charge in [0, 0.05) is 36.1 Å². The molecule has 0 saturated carbocycles. The number of nitrogens with one attached hydrogen (secondary N) is 2. The van der Waals surface area contributed by atoms with E-state index in [4.69, 9.17) is 0 Å². The predicted octanol–water partition coefficient (Wildman–Crippen LogP) is 1.89. The van der Waals surface area contributed by atoms with E-state index in [-0.39, 0.29) is 11.8 Å². The van der Waals surface area contributed by atoms with Gasteiger partial charge in [0.05, 0.1) is 0 Å². The van der Waals surface area contributed by atoms with Crippen LogP contribution in [0, 0.1) is 23.7 Å². The van der Waals surface area contributed by atoms with Gasteiger partial charge in [-0.1, -0.05) is 12.1 Å². The third-order valence-electron chi connectivity index (χ3n) is 9.74. The summed E-state index contributed by atoms with van der Waals surface area (Å²) in [5, 5.41) is 26.8. The Morgan fingerprint density at radius 1 is 0.650 bits per heavy atom. The molecule has 10 heteroatoms. The van der Waals surface area contributed by atoms with Crippen molar-refractivity contribution in [2.45, 2.75) is 37.8 Å². The number of carboxylic acid groups (broad SMARTS) is 2. The zero-order chi connectivity index (χ0) is 28.0. The van der Waals surface area contributed by atoms with Gasteiger partial charge in [-0.2, -0.15) is 0 Å². The van der Waals surface area contributed by atoms with Gasteiger partial charge in [-0.25, -0.2) is 9.59 Å². The number of hydrogen-bond donors (Lipinski definition) is 4. The first-order valence-corrected chi connectivity index (χ1v) is 14.3. The summed E-state index contributed by atoms with van der Waals surface area (Å²) >= 11 is 0. The maximum absolute atomic E-state index is 13.1. The molecule has 2 unspecified atom stereocenters. The van der Waals surface area contributed by atoms with Crippen molar-refractivity contribution in [1.82, 2.24) is 20.4 Å². The first-order chi connectivity index (χ1) is 19.3. The lowest BCUT2D eigenvalue weighted by molar-refractivity contribution is -0.143. The van der Waals surface area contributed by atoms with E-state index in [0.29, 0.717) is 36.1 Å². The van der Waals surface area contributed by atoms with Gasteiger partial charge in [0.1, 0.15) is 12.1 Å². The van der Waals surface area contributed by atoms with E-state index in [1.807, 2.05) is 0 Å². The highest BCUT2D eigenvalue weighted by Crippen LogP contribution is 2.35. The number of fused-ring (bicyclic) bond motifs is 7. The minimum Gasteiger partial charge on any atom is -0.480 e. The molecule has 212 valence electrons. The van der Waals surface area contributed by atoms with Gasteiger partial charge in [-0.05, 0) is 98.7 Å². The van der Waals surface area contributed by atoms with E-state index in [0.717, 1.165) is 62.6 Å². The highest BCUT2D eigenvalue weighted by Gasteiger charge is 2.43. The molecule has 0 spiro atoms. The molecule has 8 rings (SSSR count). The summed E-state index contributed by atoms with van der Waals surface area (Å²) in [4.78, 5) is 55.0. The quantitative estimate of drug-likeness (QED) is 0.392. The molecule has 6 fully saturated rings. The Morgan fingerprint density at radius 3 is 1.32 bits per heavy atom. The van der Waals surface area contributed by atoms with Crippen LogP contribution in [0.5, 0.6) is 0 Å². The number of benzene rings is 2. The Hall–Kier alpha value is -3.50. The van der Waals surface area contributed by atoms with Gasteiger partial charge in [0.25, 0.3) is 11.8 Å². The third kappa shape index (κ3) is 5.17. The summed E-state index contributed by atoms with van der Waals surface area (Å²) in [5.74, 6) is -2.51. The zero-order valence-corrected chi connectivity index (χ0v) is 22.4. The summed E-state index contributed by atoms with van der Waals surface area (Å²) < 4.78 is 0. The molecule has 4 bridgehead atoms. The van der Waals surface area contributed by atoms with Gasteiger partial charge in [0.15, 0.2) is 0 Å². The van der Waals surface area contributed by atoms with Gasteiger partial charge in [0.2, 0.25) is 0 Å². The van der Waals surface area contributed by atoms with Crippen LogP contribution in [0.2, 0.25) is 0 Å². The fourth-order valence-electron chi connectivity index (χ4n) is 7.46. The van der Waals surface area contributed by atoms with E-state index in [2.05, 4.69) is 20.4 Å². The number of carboxylic acids is 2. The Bertz CT molecular complexity index is 1230. The molecule has 6 saturated heterocycles. The molecule has 2 aromatic rings. The van der Waals surface area contributed by atoms with Crippen molar-refractivity contribution in [2.75, 3.05) is 39.3 Å². The Morgan fingerprint density at radius 2 is 1.02 bits per heavy atom. The van der Waals surface area contributed by atoms with E-state index in [1.165, 1.54) is 0 Å². The number of carbonyl (C=O) groups is 4. The summed E-state index contributed by atoms with van der Waals surface area (Å²) in [6.07, 6.45) is 3.85. The van der Waals surface area contributed by atoms with Crippen LogP contribution in [-0.2, 0) is 9.59 Å². The number of carbonyl (C=O) groups excluding carboxylic acids is 2. The average Bonchev–Trinajstić information content (AvgIpc) is 2.98. The van der Waals surface area contributed by atoms with Crippen molar-refractivity contribution in [1.29, 1.82) is 0 Å². The van der Waals surface area contributed by atoms with Crippen molar-refractivity contribution in [2.24, 2.45) is 23.7 Å². The number of rotatable bonds is 8. The van der Waals surface area contributed by atoms with E-state index < -0.39 is 35.8 Å². The molecule has 2 aromatic carbocycles. The number of hydrogen-bond acceptors (Lipinski definition) is 6. The minimum atomic E-state index is -1.01. The molecule has 6 aliphatic rings. The Labute approximate surface area is 232 Å². The summed E-state index contributed by atoms with van der Waals surface area (Å²) in [5.41, 5.74) is 0.705. The normalized spacial score (nSPS) is 30.4. The first-order valence-electron chi connectivity index (χ1n) is 14.3. The molecule has 0 radical (unpaired) electrons. The minimum absolute atomic E-state index is 0.110.